The van der Waals surface area contributed by atoms with Crippen molar-refractivity contribution in [2.75, 3.05) is 13.6 Å². The highest BCUT2D eigenvalue weighted by atomic mass is 32.2. The number of nitrogens with two attached hydrogens (primary N) is 1. The molecule has 0 fully saturated rings. The zero-order chi connectivity index (χ0) is 13.3. The van der Waals surface area contributed by atoms with Gasteiger partial charge in [0, 0.05) is 23.7 Å². The fourth-order valence-corrected chi connectivity index (χ4v) is 2.93. The van der Waals surface area contributed by atoms with Crippen molar-refractivity contribution in [2.24, 2.45) is 10.7 Å². The zero-order valence-corrected chi connectivity index (χ0v) is 10.8. The molecule has 1 aromatic rings. The summed E-state index contributed by atoms with van der Waals surface area (Å²) in [5, 5.41) is 18.2. The van der Waals surface area contributed by atoms with Crippen LogP contribution in [0.15, 0.2) is 9.33 Å². The van der Waals surface area contributed by atoms with E-state index in [4.69, 9.17) is 5.73 Å². The van der Waals surface area contributed by atoms with Crippen LogP contribution in [0.3, 0.4) is 0 Å². The molecule has 0 aliphatic carbocycles. The number of aromatic nitrogens is 2. The zero-order valence-electron chi connectivity index (χ0n) is 9.14. The molecule has 1 aliphatic rings. The first kappa shape index (κ1) is 12.7. The Morgan fingerprint density at radius 1 is 1.67 bits per heavy atom. The van der Waals surface area contributed by atoms with E-state index in [2.05, 4.69) is 15.2 Å². The van der Waals surface area contributed by atoms with Crippen molar-refractivity contribution in [2.45, 2.75) is 10.5 Å². The summed E-state index contributed by atoms with van der Waals surface area (Å²) >= 11 is 1.88. The van der Waals surface area contributed by atoms with E-state index in [0.29, 0.717) is 15.2 Å². The van der Waals surface area contributed by atoms with Crippen LogP contribution in [0.25, 0.3) is 0 Å². The summed E-state index contributed by atoms with van der Waals surface area (Å²) in [5.41, 5.74) is 5.01. The van der Waals surface area contributed by atoms with Gasteiger partial charge < -0.3 is 5.73 Å². The molecule has 1 atom stereocenters. The number of amides is 1. The van der Waals surface area contributed by atoms with Gasteiger partial charge in [0.25, 0.3) is 5.24 Å². The molecule has 0 aromatic carbocycles. The van der Waals surface area contributed by atoms with Gasteiger partial charge in [-0.3, -0.25) is 24.8 Å². The second-order valence-electron chi connectivity index (χ2n) is 3.34. The number of hydrogen-bond donors (Lipinski definition) is 1. The number of likely N-dealkylation sites (N-methyl/N-ethyl adjacent to an activating group) is 1. The van der Waals surface area contributed by atoms with Gasteiger partial charge in [-0.2, -0.15) is 0 Å². The standard InChI is InChI=1S/C7H8N6O3S2/c1-12-3(13(15)16)2-9-4(12)5-10-11-7(17-5)18-6(8)14/h3H,2H2,1H3,(H2,8,14). The summed E-state index contributed by atoms with van der Waals surface area (Å²) < 4.78 is 0.387. The fraction of sp³-hybridized carbons (Fsp3) is 0.429. The minimum atomic E-state index is -0.879. The van der Waals surface area contributed by atoms with E-state index >= 15 is 0 Å². The largest absolute Gasteiger partial charge is 0.360 e. The van der Waals surface area contributed by atoms with Gasteiger partial charge >= 0.3 is 6.17 Å². The Labute approximate surface area is 109 Å². The number of nitrogens with zero attached hydrogens (tertiary/aromatic N) is 5. The third-order valence-electron chi connectivity index (χ3n) is 2.21. The lowest BCUT2D eigenvalue weighted by Crippen LogP contribution is -2.38. The Kier molecular flexibility index (Phi) is 3.43. The second-order valence-corrected chi connectivity index (χ2v) is 5.56. The predicted molar refractivity (Wildman–Crippen MR) is 65.3 cm³/mol. The van der Waals surface area contributed by atoms with Gasteiger partial charge in [0.15, 0.2) is 15.2 Å². The number of hydrogen-bond acceptors (Lipinski definition) is 9. The van der Waals surface area contributed by atoms with Crippen LogP contribution in [0.4, 0.5) is 4.79 Å². The van der Waals surface area contributed by atoms with E-state index in [-0.39, 0.29) is 6.54 Å². The van der Waals surface area contributed by atoms with Crippen molar-refractivity contribution in [3.05, 3.63) is 15.1 Å². The Hall–Kier alpha value is -1.75. The van der Waals surface area contributed by atoms with Crippen molar-refractivity contribution in [3.8, 4) is 0 Å². The molecular formula is C7H8N6O3S2. The molecule has 1 aliphatic heterocycles. The summed E-state index contributed by atoms with van der Waals surface area (Å²) in [6.45, 7) is 0.0801. The topological polar surface area (TPSA) is 128 Å². The molecule has 9 nitrogen and oxygen atoms in total. The van der Waals surface area contributed by atoms with Crippen LogP contribution in [-0.4, -0.2) is 50.9 Å². The maximum Gasteiger partial charge on any atom is 0.307 e. The van der Waals surface area contributed by atoms with Crippen LogP contribution in [-0.2, 0) is 0 Å². The van der Waals surface area contributed by atoms with Crippen LogP contribution >= 0.6 is 23.1 Å². The number of carbonyl (C=O) groups excluding carboxylic acids is 1. The Morgan fingerprint density at radius 3 is 2.94 bits per heavy atom. The van der Waals surface area contributed by atoms with E-state index in [1.165, 1.54) is 4.90 Å². The Morgan fingerprint density at radius 2 is 2.39 bits per heavy atom. The highest BCUT2D eigenvalue weighted by Gasteiger charge is 2.35. The summed E-state index contributed by atoms with van der Waals surface area (Å²) in [6, 6.07) is 0. The van der Waals surface area contributed by atoms with Gasteiger partial charge in [0.05, 0.1) is 0 Å². The van der Waals surface area contributed by atoms with Crippen molar-refractivity contribution in [3.63, 3.8) is 0 Å². The number of nitro groups is 1. The van der Waals surface area contributed by atoms with Crippen LogP contribution < -0.4 is 5.73 Å². The molecule has 1 aromatic heterocycles. The lowest BCUT2D eigenvalue weighted by atomic mass is 10.5. The molecule has 0 saturated carbocycles. The van der Waals surface area contributed by atoms with Crippen molar-refractivity contribution >= 4 is 34.2 Å². The van der Waals surface area contributed by atoms with Crippen LogP contribution in [0.5, 0.6) is 0 Å². The minimum absolute atomic E-state index is 0.0801. The summed E-state index contributed by atoms with van der Waals surface area (Å²) in [6.07, 6.45) is -0.879. The summed E-state index contributed by atoms with van der Waals surface area (Å²) in [5.74, 6) is 0.408. The molecule has 0 saturated heterocycles. The molecule has 2 heterocycles. The smallest absolute Gasteiger partial charge is 0.307 e. The number of carbonyl (C=O) groups is 1. The summed E-state index contributed by atoms with van der Waals surface area (Å²) in [7, 11) is 1.57. The first-order valence-corrected chi connectivity index (χ1v) is 6.34. The molecule has 0 spiro atoms. The van der Waals surface area contributed by atoms with E-state index in [0.717, 1.165) is 23.1 Å². The molecule has 96 valence electrons. The number of amidine groups is 1. The SMILES string of the molecule is CN1C(c2nnc(SC(N)=O)s2)=NCC1[N+](=O)[O-]. The number of thioether (sulfide) groups is 1. The maximum atomic E-state index is 10.7. The Balaban J connectivity index is 2.16. The first-order valence-electron chi connectivity index (χ1n) is 4.71. The molecule has 11 heteroatoms. The molecule has 2 rings (SSSR count). The van der Waals surface area contributed by atoms with E-state index in [9.17, 15) is 14.9 Å². The first-order chi connectivity index (χ1) is 8.49. The third kappa shape index (κ3) is 2.41. The second kappa shape index (κ2) is 4.86. The third-order valence-corrected chi connectivity index (χ3v) is 3.89. The van der Waals surface area contributed by atoms with Gasteiger partial charge in [-0.25, -0.2) is 0 Å². The van der Waals surface area contributed by atoms with Crippen LogP contribution in [0.1, 0.15) is 5.01 Å². The number of primary amides is 1. The van der Waals surface area contributed by atoms with Crippen LogP contribution in [0.2, 0.25) is 0 Å². The number of aliphatic imine (C=N–C) groups is 1. The highest BCUT2D eigenvalue weighted by molar-refractivity contribution is 8.14. The average Bonchev–Trinajstić information content (AvgIpc) is 2.83. The maximum absolute atomic E-state index is 10.7. The molecule has 0 radical (unpaired) electrons. The fourth-order valence-electron chi connectivity index (χ4n) is 1.40. The molecular weight excluding hydrogens is 280 g/mol. The van der Waals surface area contributed by atoms with E-state index in [1.54, 1.807) is 7.05 Å². The summed E-state index contributed by atoms with van der Waals surface area (Å²) in [4.78, 5) is 26.5. The monoisotopic (exact) mass is 288 g/mol. The highest BCUT2D eigenvalue weighted by Crippen LogP contribution is 2.25. The van der Waals surface area contributed by atoms with Gasteiger partial charge in [-0.15, -0.1) is 10.2 Å². The van der Waals surface area contributed by atoms with E-state index in [1.807, 2.05) is 0 Å². The van der Waals surface area contributed by atoms with Crippen molar-refractivity contribution in [1.82, 2.24) is 15.1 Å². The molecule has 18 heavy (non-hydrogen) atoms. The Bertz CT molecular complexity index is 529. The van der Waals surface area contributed by atoms with E-state index < -0.39 is 16.3 Å². The normalized spacial score (nSPS) is 18.8. The molecule has 2 N–H and O–H groups in total. The minimum Gasteiger partial charge on any atom is -0.360 e. The average molecular weight is 288 g/mol. The lowest BCUT2D eigenvalue weighted by molar-refractivity contribution is -0.537. The van der Waals surface area contributed by atoms with Gasteiger partial charge in [0.1, 0.15) is 6.54 Å². The lowest BCUT2D eigenvalue weighted by Gasteiger charge is -2.14. The molecule has 0 bridgehead atoms. The number of rotatable bonds is 3. The molecule has 1 amide bonds. The predicted octanol–water partition coefficient (Wildman–Crippen LogP) is 0.00370. The molecule has 1 unspecified atom stereocenters. The van der Waals surface area contributed by atoms with Gasteiger partial charge in [-0.05, 0) is 0 Å². The van der Waals surface area contributed by atoms with Gasteiger partial charge in [0.2, 0.25) is 0 Å². The van der Waals surface area contributed by atoms with Crippen LogP contribution in [0, 0.1) is 10.1 Å². The van der Waals surface area contributed by atoms with Crippen molar-refractivity contribution in [1.29, 1.82) is 0 Å². The quantitative estimate of drug-likeness (QED) is 0.471. The van der Waals surface area contributed by atoms with Gasteiger partial charge in [-0.1, -0.05) is 11.3 Å². The van der Waals surface area contributed by atoms with Crippen molar-refractivity contribution < 1.29 is 9.72 Å².